The van der Waals surface area contributed by atoms with Gasteiger partial charge in [0.05, 0.1) is 12.6 Å². The molecule has 1 unspecified atom stereocenters. The molecule has 1 aliphatic rings. The molecule has 1 aliphatic heterocycles. The van der Waals surface area contributed by atoms with Crippen LogP contribution in [-0.4, -0.2) is 31.7 Å². The minimum Gasteiger partial charge on any atom is -0.281 e. The number of rotatable bonds is 5. The molecule has 0 saturated carbocycles. The molecule has 1 aromatic heterocycles. The van der Waals surface area contributed by atoms with Crippen LogP contribution in [0, 0.1) is 0 Å². The Morgan fingerprint density at radius 2 is 1.58 bits per heavy atom. The minimum absolute atomic E-state index is 0.100. The highest BCUT2D eigenvalue weighted by molar-refractivity contribution is 6.30. The van der Waals surface area contributed by atoms with Crippen molar-refractivity contribution in [3.05, 3.63) is 119 Å². The molecule has 0 saturated heterocycles. The fraction of sp³-hybridized carbons (Fsp3) is 0.160. The summed E-state index contributed by atoms with van der Waals surface area (Å²) in [5.41, 5.74) is 5.64. The van der Waals surface area contributed by atoms with Crippen molar-refractivity contribution in [3.63, 3.8) is 0 Å². The molecule has 0 amide bonds. The smallest absolute Gasteiger partial charge is 0.173 e. The van der Waals surface area contributed by atoms with Gasteiger partial charge in [-0.05, 0) is 50.4 Å². The first kappa shape index (κ1) is 19.7. The van der Waals surface area contributed by atoms with Crippen LogP contribution in [-0.2, 0) is 13.1 Å². The van der Waals surface area contributed by atoms with Crippen molar-refractivity contribution in [3.8, 4) is 0 Å². The predicted octanol–water partition coefficient (Wildman–Crippen LogP) is 4.99. The van der Waals surface area contributed by atoms with E-state index in [9.17, 15) is 0 Å². The number of hydrogen-bond donors (Lipinski definition) is 0. The van der Waals surface area contributed by atoms with Gasteiger partial charge in [-0.15, -0.1) is 5.10 Å². The average molecular weight is 428 g/mol. The Morgan fingerprint density at radius 3 is 2.29 bits per heavy atom. The number of fused-ring (bicyclic) bond motifs is 1. The molecule has 3 aromatic carbocycles. The van der Waals surface area contributed by atoms with Crippen molar-refractivity contribution < 1.29 is 0 Å². The Labute approximate surface area is 186 Å². The summed E-state index contributed by atoms with van der Waals surface area (Å²) in [7, 11) is 0. The number of tetrazole rings is 1. The van der Waals surface area contributed by atoms with E-state index in [0.717, 1.165) is 34.6 Å². The molecule has 1 atom stereocenters. The van der Waals surface area contributed by atoms with Crippen molar-refractivity contribution in [1.82, 2.24) is 25.1 Å². The number of nitrogens with zero attached hydrogens (tertiary/aromatic N) is 5. The number of aromatic nitrogens is 4. The summed E-state index contributed by atoms with van der Waals surface area (Å²) in [6, 6.07) is 26.6. The molecule has 31 heavy (non-hydrogen) atoms. The lowest BCUT2D eigenvalue weighted by Crippen LogP contribution is -2.36. The van der Waals surface area contributed by atoms with Crippen LogP contribution in [0.2, 0.25) is 5.02 Å². The van der Waals surface area contributed by atoms with Crippen LogP contribution in [0.15, 0.2) is 85.4 Å². The van der Waals surface area contributed by atoms with Crippen molar-refractivity contribution in [1.29, 1.82) is 0 Å². The molecule has 2 heterocycles. The maximum absolute atomic E-state index is 6.32. The zero-order chi connectivity index (χ0) is 21.2. The average Bonchev–Trinajstić information content (AvgIpc) is 3.23. The first-order valence-electron chi connectivity index (χ1n) is 10.2. The van der Waals surface area contributed by atoms with Crippen molar-refractivity contribution >= 4 is 17.2 Å². The van der Waals surface area contributed by atoms with Gasteiger partial charge in [0.25, 0.3) is 0 Å². The normalized spacial score (nSPS) is 16.3. The third-order valence-electron chi connectivity index (χ3n) is 5.66. The Balaban J connectivity index is 1.58. The van der Waals surface area contributed by atoms with Crippen LogP contribution >= 0.6 is 11.6 Å². The largest absolute Gasteiger partial charge is 0.281 e. The SMILES string of the molecule is C=C1CN(Cc2ccccc2)C(c2nnnn2Cc2ccccc2)c2ccc(Cl)cc21. The third-order valence-corrected chi connectivity index (χ3v) is 5.89. The molecular formula is C25H22ClN5. The van der Waals surface area contributed by atoms with Crippen LogP contribution in [0.3, 0.4) is 0 Å². The van der Waals surface area contributed by atoms with Gasteiger partial charge >= 0.3 is 0 Å². The monoisotopic (exact) mass is 427 g/mol. The molecule has 0 spiro atoms. The maximum atomic E-state index is 6.32. The van der Waals surface area contributed by atoms with Gasteiger partial charge in [-0.1, -0.05) is 84.9 Å². The Bertz CT molecular complexity index is 1200. The summed E-state index contributed by atoms with van der Waals surface area (Å²) in [5, 5.41) is 13.5. The van der Waals surface area contributed by atoms with Gasteiger partial charge in [-0.25, -0.2) is 4.68 Å². The number of halogens is 1. The third kappa shape index (κ3) is 4.02. The molecule has 5 nitrogen and oxygen atoms in total. The second-order valence-electron chi connectivity index (χ2n) is 7.81. The van der Waals surface area contributed by atoms with E-state index in [1.807, 2.05) is 41.1 Å². The quantitative estimate of drug-likeness (QED) is 0.450. The topological polar surface area (TPSA) is 46.8 Å². The lowest BCUT2D eigenvalue weighted by molar-refractivity contribution is 0.224. The number of benzene rings is 3. The van der Waals surface area contributed by atoms with E-state index < -0.39 is 0 Å². The Kier molecular flexibility index (Phi) is 5.37. The molecule has 5 rings (SSSR count). The van der Waals surface area contributed by atoms with Crippen LogP contribution in [0.1, 0.15) is 34.1 Å². The lowest BCUT2D eigenvalue weighted by atomic mass is 9.89. The van der Waals surface area contributed by atoms with Gasteiger partial charge in [0.2, 0.25) is 0 Å². The molecule has 0 radical (unpaired) electrons. The summed E-state index contributed by atoms with van der Waals surface area (Å²) < 4.78 is 1.89. The van der Waals surface area contributed by atoms with E-state index in [4.69, 9.17) is 11.6 Å². The van der Waals surface area contributed by atoms with Gasteiger partial charge in [-0.2, -0.15) is 0 Å². The van der Waals surface area contributed by atoms with Crippen molar-refractivity contribution in [2.45, 2.75) is 19.1 Å². The van der Waals surface area contributed by atoms with Crippen molar-refractivity contribution in [2.24, 2.45) is 0 Å². The molecule has 4 aromatic rings. The van der Waals surface area contributed by atoms with E-state index in [1.54, 1.807) is 0 Å². The summed E-state index contributed by atoms with van der Waals surface area (Å²) in [6.45, 7) is 6.43. The first-order valence-corrected chi connectivity index (χ1v) is 10.6. The molecule has 0 aliphatic carbocycles. The van der Waals surface area contributed by atoms with E-state index in [-0.39, 0.29) is 6.04 Å². The predicted molar refractivity (Wildman–Crippen MR) is 123 cm³/mol. The Hall–Kier alpha value is -3.28. The van der Waals surface area contributed by atoms with Crippen LogP contribution in [0.4, 0.5) is 0 Å². The molecule has 6 heteroatoms. The standard InChI is InChI=1S/C25H22ClN5/c1-18-15-30(16-19-8-4-2-5-9-19)24(22-13-12-21(26)14-23(18)22)25-27-28-29-31(25)17-20-10-6-3-7-11-20/h2-14,24H,1,15-17H2. The van der Waals surface area contributed by atoms with E-state index in [1.165, 1.54) is 5.56 Å². The second kappa shape index (κ2) is 8.46. The minimum atomic E-state index is -0.100. The van der Waals surface area contributed by atoms with Gasteiger partial charge in [0.1, 0.15) is 0 Å². The molecule has 154 valence electrons. The van der Waals surface area contributed by atoms with Crippen LogP contribution in [0.25, 0.3) is 5.57 Å². The zero-order valence-electron chi connectivity index (χ0n) is 17.0. The highest BCUT2D eigenvalue weighted by Gasteiger charge is 2.34. The summed E-state index contributed by atoms with van der Waals surface area (Å²) in [4.78, 5) is 2.38. The van der Waals surface area contributed by atoms with Gasteiger partial charge in [0, 0.05) is 18.1 Å². The number of hydrogen-bond acceptors (Lipinski definition) is 4. The molecule has 0 bridgehead atoms. The van der Waals surface area contributed by atoms with E-state index in [0.29, 0.717) is 18.1 Å². The fourth-order valence-corrected chi connectivity index (χ4v) is 4.41. The lowest BCUT2D eigenvalue weighted by Gasteiger charge is -2.37. The van der Waals surface area contributed by atoms with Crippen LogP contribution < -0.4 is 0 Å². The molecular weight excluding hydrogens is 406 g/mol. The van der Waals surface area contributed by atoms with E-state index in [2.05, 4.69) is 69.5 Å². The molecule has 0 fully saturated rings. The van der Waals surface area contributed by atoms with E-state index >= 15 is 0 Å². The van der Waals surface area contributed by atoms with Crippen molar-refractivity contribution in [2.75, 3.05) is 6.54 Å². The van der Waals surface area contributed by atoms with Gasteiger partial charge in [0.15, 0.2) is 5.82 Å². The summed E-state index contributed by atoms with van der Waals surface area (Å²) in [6.07, 6.45) is 0. The summed E-state index contributed by atoms with van der Waals surface area (Å²) in [5.74, 6) is 0.816. The summed E-state index contributed by atoms with van der Waals surface area (Å²) >= 11 is 6.32. The second-order valence-corrected chi connectivity index (χ2v) is 8.25. The Morgan fingerprint density at radius 1 is 0.903 bits per heavy atom. The molecule has 0 N–H and O–H groups in total. The van der Waals surface area contributed by atoms with Crippen LogP contribution in [0.5, 0.6) is 0 Å². The highest BCUT2D eigenvalue weighted by atomic mass is 35.5. The maximum Gasteiger partial charge on any atom is 0.173 e. The first-order chi connectivity index (χ1) is 15.2. The van der Waals surface area contributed by atoms with Gasteiger partial charge in [-0.3, -0.25) is 4.90 Å². The zero-order valence-corrected chi connectivity index (χ0v) is 17.8. The fourth-order valence-electron chi connectivity index (χ4n) is 4.24. The highest BCUT2D eigenvalue weighted by Crippen LogP contribution is 2.40. The van der Waals surface area contributed by atoms with Gasteiger partial charge < -0.3 is 0 Å².